The van der Waals surface area contributed by atoms with E-state index >= 15 is 0 Å². The molecule has 0 radical (unpaired) electrons. The number of halogens is 1. The van der Waals surface area contributed by atoms with Crippen molar-refractivity contribution in [1.29, 1.82) is 0 Å². The molecule has 2 nitrogen and oxygen atoms in total. The Morgan fingerprint density at radius 2 is 2.00 bits per heavy atom. The number of ether oxygens (including phenoxy) is 1. The Bertz CT molecular complexity index is 462. The van der Waals surface area contributed by atoms with Crippen LogP contribution in [0.15, 0.2) is 29.8 Å². The fraction of sp³-hybridized carbons (Fsp3) is 0.400. The maximum Gasteiger partial charge on any atom is 0.176 e. The average molecular weight is 265 g/mol. The number of Topliss-reactive ketones (excluding diaryl/α,β-unsaturated/α-hetero) is 1. The van der Waals surface area contributed by atoms with E-state index in [4.69, 9.17) is 16.3 Å². The fourth-order valence-corrected chi connectivity index (χ4v) is 2.40. The Morgan fingerprint density at radius 3 is 2.61 bits per heavy atom. The zero-order valence-corrected chi connectivity index (χ0v) is 11.4. The molecule has 0 aliphatic heterocycles. The van der Waals surface area contributed by atoms with Crippen LogP contribution in [0, 0.1) is 5.92 Å². The molecular formula is C15H17ClO2. The van der Waals surface area contributed by atoms with Crippen LogP contribution in [0.1, 0.15) is 25.3 Å². The molecule has 0 saturated heterocycles. The van der Waals surface area contributed by atoms with Crippen molar-refractivity contribution in [2.45, 2.75) is 25.1 Å². The molecule has 1 aromatic rings. The summed E-state index contributed by atoms with van der Waals surface area (Å²) in [7, 11) is 1.64. The number of carbonyl (C=O) groups excluding carboxylic acids is 1. The number of ketones is 1. The first-order valence-electron chi connectivity index (χ1n) is 6.14. The summed E-state index contributed by atoms with van der Waals surface area (Å²) in [4.78, 5) is 12.0. The minimum absolute atomic E-state index is 0.0752. The molecular weight excluding hydrogens is 248 g/mol. The van der Waals surface area contributed by atoms with E-state index in [1.54, 1.807) is 7.11 Å². The van der Waals surface area contributed by atoms with E-state index < -0.39 is 0 Å². The molecule has 18 heavy (non-hydrogen) atoms. The summed E-state index contributed by atoms with van der Waals surface area (Å²) in [6.45, 7) is 2.03. The smallest absolute Gasteiger partial charge is 0.176 e. The van der Waals surface area contributed by atoms with Crippen molar-refractivity contribution in [3.05, 3.63) is 35.4 Å². The summed E-state index contributed by atoms with van der Waals surface area (Å²) in [5, 5.41) is -0.372. The third-order valence-corrected chi connectivity index (χ3v) is 4.02. The predicted molar refractivity (Wildman–Crippen MR) is 74.0 cm³/mol. The van der Waals surface area contributed by atoms with Crippen LogP contribution < -0.4 is 4.74 Å². The molecule has 0 N–H and O–H groups in total. The zero-order chi connectivity index (χ0) is 13.1. The SMILES string of the molecule is COc1ccc(C=C2CCC(C)C(Cl)C2=O)cc1. The zero-order valence-electron chi connectivity index (χ0n) is 10.7. The molecule has 0 amide bonds. The Labute approximate surface area is 113 Å². The van der Waals surface area contributed by atoms with Crippen molar-refractivity contribution >= 4 is 23.5 Å². The highest BCUT2D eigenvalue weighted by molar-refractivity contribution is 6.34. The highest BCUT2D eigenvalue weighted by Gasteiger charge is 2.30. The van der Waals surface area contributed by atoms with Crippen molar-refractivity contribution in [3.8, 4) is 5.75 Å². The van der Waals surface area contributed by atoms with Gasteiger partial charge in [-0.25, -0.2) is 0 Å². The molecule has 1 aliphatic carbocycles. The van der Waals surface area contributed by atoms with Gasteiger partial charge in [-0.3, -0.25) is 4.79 Å². The van der Waals surface area contributed by atoms with Crippen LogP contribution in [0.2, 0.25) is 0 Å². The number of methoxy groups -OCH3 is 1. The van der Waals surface area contributed by atoms with E-state index in [0.29, 0.717) is 0 Å². The van der Waals surface area contributed by atoms with Crippen LogP contribution in [0.3, 0.4) is 0 Å². The summed E-state index contributed by atoms with van der Waals surface area (Å²) in [6.07, 6.45) is 3.72. The Kier molecular flexibility index (Phi) is 4.07. The molecule has 2 rings (SSSR count). The molecule has 2 unspecified atom stereocenters. The molecule has 1 aromatic carbocycles. The lowest BCUT2D eigenvalue weighted by atomic mass is 9.85. The van der Waals surface area contributed by atoms with Gasteiger partial charge >= 0.3 is 0 Å². The van der Waals surface area contributed by atoms with E-state index in [9.17, 15) is 4.79 Å². The molecule has 1 aliphatic rings. The van der Waals surface area contributed by atoms with E-state index in [2.05, 4.69) is 0 Å². The van der Waals surface area contributed by atoms with E-state index in [1.807, 2.05) is 37.3 Å². The van der Waals surface area contributed by atoms with E-state index in [0.717, 1.165) is 29.7 Å². The van der Waals surface area contributed by atoms with Crippen LogP contribution in [0.5, 0.6) is 5.75 Å². The summed E-state index contributed by atoms with van der Waals surface area (Å²) < 4.78 is 5.10. The number of hydrogen-bond donors (Lipinski definition) is 0. The summed E-state index contributed by atoms with van der Waals surface area (Å²) in [6, 6.07) is 7.67. The van der Waals surface area contributed by atoms with Gasteiger partial charge in [0, 0.05) is 0 Å². The van der Waals surface area contributed by atoms with Crippen LogP contribution in [0.25, 0.3) is 6.08 Å². The average Bonchev–Trinajstić information content (AvgIpc) is 2.40. The molecule has 2 atom stereocenters. The molecule has 1 saturated carbocycles. The van der Waals surface area contributed by atoms with Crippen molar-refractivity contribution in [2.75, 3.05) is 7.11 Å². The van der Waals surface area contributed by atoms with Gasteiger partial charge in [0.15, 0.2) is 5.78 Å². The topological polar surface area (TPSA) is 26.3 Å². The molecule has 0 heterocycles. The van der Waals surface area contributed by atoms with Gasteiger partial charge in [-0.15, -0.1) is 11.6 Å². The maximum atomic E-state index is 12.0. The van der Waals surface area contributed by atoms with Gasteiger partial charge in [0.1, 0.15) is 5.75 Å². The number of rotatable bonds is 2. The minimum atomic E-state index is -0.372. The van der Waals surface area contributed by atoms with Gasteiger partial charge in [-0.1, -0.05) is 19.1 Å². The number of carbonyl (C=O) groups is 1. The lowest BCUT2D eigenvalue weighted by molar-refractivity contribution is -0.116. The van der Waals surface area contributed by atoms with Gasteiger partial charge in [0.25, 0.3) is 0 Å². The molecule has 1 fully saturated rings. The van der Waals surface area contributed by atoms with Gasteiger partial charge in [-0.05, 0) is 48.1 Å². The lowest BCUT2D eigenvalue weighted by Crippen LogP contribution is -2.29. The first-order valence-corrected chi connectivity index (χ1v) is 6.58. The summed E-state index contributed by atoms with van der Waals surface area (Å²) in [5.41, 5.74) is 1.84. The number of hydrogen-bond acceptors (Lipinski definition) is 2. The van der Waals surface area contributed by atoms with Gasteiger partial charge in [0.05, 0.1) is 12.5 Å². The Balaban J connectivity index is 2.19. The summed E-state index contributed by atoms with van der Waals surface area (Å²) in [5.74, 6) is 1.16. The van der Waals surface area contributed by atoms with Crippen LogP contribution >= 0.6 is 11.6 Å². The third kappa shape index (κ3) is 2.75. The van der Waals surface area contributed by atoms with Gasteiger partial charge in [-0.2, -0.15) is 0 Å². The second-order valence-corrected chi connectivity index (χ2v) is 5.19. The van der Waals surface area contributed by atoms with Crippen molar-refractivity contribution in [1.82, 2.24) is 0 Å². The molecule has 0 bridgehead atoms. The minimum Gasteiger partial charge on any atom is -0.497 e. The molecule has 0 spiro atoms. The summed E-state index contributed by atoms with van der Waals surface area (Å²) >= 11 is 6.12. The number of allylic oxidation sites excluding steroid dienone is 1. The largest absolute Gasteiger partial charge is 0.497 e. The second-order valence-electron chi connectivity index (χ2n) is 4.72. The quantitative estimate of drug-likeness (QED) is 0.602. The van der Waals surface area contributed by atoms with E-state index in [1.165, 1.54) is 0 Å². The lowest BCUT2D eigenvalue weighted by Gasteiger charge is -2.24. The fourth-order valence-electron chi connectivity index (χ4n) is 2.13. The van der Waals surface area contributed by atoms with Crippen LogP contribution in [0.4, 0.5) is 0 Å². The standard InChI is InChI=1S/C15H17ClO2/c1-10-3-6-12(15(17)14(10)16)9-11-4-7-13(18-2)8-5-11/h4-5,7-10,14H,3,6H2,1-2H3. The normalized spacial score (nSPS) is 26.4. The Morgan fingerprint density at radius 1 is 1.33 bits per heavy atom. The first-order chi connectivity index (χ1) is 8.61. The molecule has 0 aromatic heterocycles. The Hall–Kier alpha value is -1.28. The third-order valence-electron chi connectivity index (χ3n) is 3.39. The van der Waals surface area contributed by atoms with Crippen LogP contribution in [-0.2, 0) is 4.79 Å². The van der Waals surface area contributed by atoms with Gasteiger partial charge in [0.2, 0.25) is 0 Å². The highest BCUT2D eigenvalue weighted by Crippen LogP contribution is 2.30. The van der Waals surface area contributed by atoms with E-state index in [-0.39, 0.29) is 17.1 Å². The first kappa shape index (κ1) is 13.2. The number of benzene rings is 1. The van der Waals surface area contributed by atoms with Gasteiger partial charge < -0.3 is 4.74 Å². The number of alkyl halides is 1. The van der Waals surface area contributed by atoms with Crippen molar-refractivity contribution in [3.63, 3.8) is 0 Å². The molecule has 3 heteroatoms. The highest BCUT2D eigenvalue weighted by atomic mass is 35.5. The van der Waals surface area contributed by atoms with Crippen molar-refractivity contribution < 1.29 is 9.53 Å². The predicted octanol–water partition coefficient (Wildman–Crippen LogP) is 3.69. The maximum absolute atomic E-state index is 12.0. The van der Waals surface area contributed by atoms with Crippen molar-refractivity contribution in [2.24, 2.45) is 5.92 Å². The van der Waals surface area contributed by atoms with Crippen LogP contribution in [-0.4, -0.2) is 18.3 Å². The second kappa shape index (κ2) is 5.57. The molecule has 96 valence electrons. The monoisotopic (exact) mass is 264 g/mol.